The summed E-state index contributed by atoms with van der Waals surface area (Å²) in [7, 11) is 0. The molecule has 0 spiro atoms. The zero-order chi connectivity index (χ0) is 22.9. The summed E-state index contributed by atoms with van der Waals surface area (Å²) in [4.78, 5) is 41.7. The smallest absolute Gasteiger partial charge is 0.408 e. The number of aromatic nitrogens is 1. The number of nitrogens with one attached hydrogen (secondary N) is 2. The second kappa shape index (κ2) is 8.45. The number of H-pyrrole nitrogens is 1. The number of alkyl carbamates (subject to hydrolysis) is 1. The van der Waals surface area contributed by atoms with Crippen LogP contribution in [0.3, 0.4) is 0 Å². The Balaban J connectivity index is 1.85. The van der Waals surface area contributed by atoms with E-state index < -0.39 is 35.7 Å². The van der Waals surface area contributed by atoms with Gasteiger partial charge in [-0.25, -0.2) is 9.59 Å². The molecule has 0 radical (unpaired) electrons. The standard InChI is InChI=1S/C23H29N3O5/c1-13(2)19(25-22(30)31-23(3,4)5)15-10-11-16(24-15)20(27)26-17-9-7-6-8-14(17)12-18(26)21(28)29/h6-11,13,18-19,24H,12H2,1-5H3,(H,25,30)(H,28,29)/t18?,19-/m0/s1. The molecule has 2 aromatic rings. The van der Waals surface area contributed by atoms with Crippen LogP contribution in [0.2, 0.25) is 0 Å². The van der Waals surface area contributed by atoms with Gasteiger partial charge in [-0.05, 0) is 50.5 Å². The molecule has 2 amide bonds. The summed E-state index contributed by atoms with van der Waals surface area (Å²) < 4.78 is 5.35. The number of carbonyl (C=O) groups is 3. The minimum absolute atomic E-state index is 0.0217. The zero-order valence-corrected chi connectivity index (χ0v) is 18.4. The minimum Gasteiger partial charge on any atom is -0.480 e. The van der Waals surface area contributed by atoms with Crippen LogP contribution < -0.4 is 10.2 Å². The number of aromatic amines is 1. The van der Waals surface area contributed by atoms with E-state index in [1.165, 1.54) is 4.90 Å². The highest BCUT2D eigenvalue weighted by Crippen LogP contribution is 2.33. The SMILES string of the molecule is CC(C)[C@H](NC(=O)OC(C)(C)C)c1ccc(C(=O)N2c3ccccc3CC2C(=O)O)[nH]1. The second-order valence-electron chi connectivity index (χ2n) is 9.06. The highest BCUT2D eigenvalue weighted by molar-refractivity contribution is 6.10. The zero-order valence-electron chi connectivity index (χ0n) is 18.4. The lowest BCUT2D eigenvalue weighted by Crippen LogP contribution is -2.43. The number of aliphatic carboxylic acids is 1. The largest absolute Gasteiger partial charge is 0.480 e. The van der Waals surface area contributed by atoms with Crippen molar-refractivity contribution in [3.05, 3.63) is 53.3 Å². The van der Waals surface area contributed by atoms with Crippen LogP contribution in [0.1, 0.15) is 62.4 Å². The summed E-state index contributed by atoms with van der Waals surface area (Å²) >= 11 is 0. The van der Waals surface area contributed by atoms with Crippen molar-refractivity contribution in [2.24, 2.45) is 5.92 Å². The lowest BCUT2D eigenvalue weighted by atomic mass is 10.0. The minimum atomic E-state index is -1.05. The molecule has 31 heavy (non-hydrogen) atoms. The summed E-state index contributed by atoms with van der Waals surface area (Å²) in [6.07, 6.45) is -0.285. The van der Waals surface area contributed by atoms with Crippen LogP contribution in [0.5, 0.6) is 0 Å². The fraction of sp³-hybridized carbons (Fsp3) is 0.435. The van der Waals surface area contributed by atoms with Crippen molar-refractivity contribution < 1.29 is 24.2 Å². The number of fused-ring (bicyclic) bond motifs is 1. The van der Waals surface area contributed by atoms with Gasteiger partial charge >= 0.3 is 12.1 Å². The van der Waals surface area contributed by atoms with Crippen molar-refractivity contribution in [2.45, 2.75) is 58.7 Å². The predicted octanol–water partition coefficient (Wildman–Crippen LogP) is 3.89. The third-order valence-electron chi connectivity index (χ3n) is 5.09. The first kappa shape index (κ1) is 22.4. The molecule has 0 saturated heterocycles. The third kappa shape index (κ3) is 4.90. The van der Waals surface area contributed by atoms with Gasteiger partial charge in [0.25, 0.3) is 5.91 Å². The number of hydrogen-bond donors (Lipinski definition) is 3. The van der Waals surface area contributed by atoms with Crippen molar-refractivity contribution in [1.82, 2.24) is 10.3 Å². The van der Waals surface area contributed by atoms with Crippen LogP contribution in [0.4, 0.5) is 10.5 Å². The van der Waals surface area contributed by atoms with Gasteiger partial charge in [-0.15, -0.1) is 0 Å². The Bertz CT molecular complexity index is 989. The average Bonchev–Trinajstić information content (AvgIpc) is 3.29. The van der Waals surface area contributed by atoms with E-state index in [4.69, 9.17) is 4.74 Å². The topological polar surface area (TPSA) is 112 Å². The Labute approximate surface area is 181 Å². The Kier molecular flexibility index (Phi) is 6.10. The van der Waals surface area contributed by atoms with E-state index in [9.17, 15) is 19.5 Å². The lowest BCUT2D eigenvalue weighted by molar-refractivity contribution is -0.138. The third-order valence-corrected chi connectivity index (χ3v) is 5.09. The number of nitrogens with zero attached hydrogens (tertiary/aromatic N) is 1. The van der Waals surface area contributed by atoms with Crippen LogP contribution in [-0.2, 0) is 16.0 Å². The van der Waals surface area contributed by atoms with E-state index in [0.29, 0.717) is 11.4 Å². The number of rotatable bonds is 5. The summed E-state index contributed by atoms with van der Waals surface area (Å²) in [6.45, 7) is 9.25. The Morgan fingerprint density at radius 3 is 2.45 bits per heavy atom. The Hall–Kier alpha value is -3.29. The number of hydrogen-bond acceptors (Lipinski definition) is 4. The number of carbonyl (C=O) groups excluding carboxylic acids is 2. The highest BCUT2D eigenvalue weighted by Gasteiger charge is 2.39. The quantitative estimate of drug-likeness (QED) is 0.670. The van der Waals surface area contributed by atoms with Crippen LogP contribution in [-0.4, -0.2) is 39.7 Å². The van der Waals surface area contributed by atoms with Gasteiger partial charge in [0.05, 0.1) is 6.04 Å². The fourth-order valence-corrected chi connectivity index (χ4v) is 3.72. The summed E-state index contributed by atoms with van der Waals surface area (Å²) in [5, 5.41) is 12.5. The van der Waals surface area contributed by atoms with Gasteiger partial charge in [-0.2, -0.15) is 0 Å². The molecule has 2 heterocycles. The fourth-order valence-electron chi connectivity index (χ4n) is 3.72. The first-order valence-corrected chi connectivity index (χ1v) is 10.3. The molecule has 2 atom stereocenters. The summed E-state index contributed by atoms with van der Waals surface area (Å²) in [6, 6.07) is 9.17. The van der Waals surface area contributed by atoms with E-state index in [1.807, 2.05) is 26.0 Å². The van der Waals surface area contributed by atoms with E-state index in [-0.39, 0.29) is 18.0 Å². The van der Waals surface area contributed by atoms with Crippen LogP contribution in [0, 0.1) is 5.92 Å². The molecule has 1 unspecified atom stereocenters. The number of carboxylic acids is 1. The molecule has 1 aliphatic heterocycles. The highest BCUT2D eigenvalue weighted by atomic mass is 16.6. The normalized spacial score (nSPS) is 16.7. The number of anilines is 1. The maximum absolute atomic E-state index is 13.3. The Morgan fingerprint density at radius 2 is 1.84 bits per heavy atom. The molecule has 0 fully saturated rings. The van der Waals surface area contributed by atoms with Gasteiger partial charge in [0.2, 0.25) is 0 Å². The summed E-state index contributed by atoms with van der Waals surface area (Å²) in [5.41, 5.74) is 1.69. The molecule has 8 heteroatoms. The Morgan fingerprint density at radius 1 is 1.16 bits per heavy atom. The summed E-state index contributed by atoms with van der Waals surface area (Å²) in [5.74, 6) is -1.46. The van der Waals surface area contributed by atoms with Gasteiger partial charge in [-0.3, -0.25) is 9.69 Å². The van der Waals surface area contributed by atoms with Gasteiger partial charge in [0.15, 0.2) is 0 Å². The van der Waals surface area contributed by atoms with Crippen molar-refractivity contribution >= 4 is 23.7 Å². The maximum Gasteiger partial charge on any atom is 0.408 e. The van der Waals surface area contributed by atoms with E-state index in [2.05, 4.69) is 10.3 Å². The van der Waals surface area contributed by atoms with Crippen molar-refractivity contribution in [1.29, 1.82) is 0 Å². The number of ether oxygens (including phenoxy) is 1. The van der Waals surface area contributed by atoms with Crippen molar-refractivity contribution in [3.63, 3.8) is 0 Å². The van der Waals surface area contributed by atoms with Crippen LogP contribution in [0.15, 0.2) is 36.4 Å². The first-order chi connectivity index (χ1) is 14.5. The first-order valence-electron chi connectivity index (χ1n) is 10.3. The number of benzene rings is 1. The van der Waals surface area contributed by atoms with Crippen molar-refractivity contribution in [2.75, 3.05) is 4.90 Å². The number of amides is 2. The monoisotopic (exact) mass is 427 g/mol. The molecule has 166 valence electrons. The molecule has 3 N–H and O–H groups in total. The van der Waals surface area contributed by atoms with Crippen molar-refractivity contribution in [3.8, 4) is 0 Å². The molecule has 0 aliphatic carbocycles. The lowest BCUT2D eigenvalue weighted by Gasteiger charge is -2.25. The maximum atomic E-state index is 13.3. The van der Waals surface area contributed by atoms with Crippen LogP contribution >= 0.6 is 0 Å². The van der Waals surface area contributed by atoms with Crippen LogP contribution in [0.25, 0.3) is 0 Å². The van der Waals surface area contributed by atoms with Gasteiger partial charge < -0.3 is 20.1 Å². The molecular formula is C23H29N3O5. The molecule has 0 bridgehead atoms. The molecule has 1 aromatic carbocycles. The number of para-hydroxylation sites is 1. The molecule has 8 nitrogen and oxygen atoms in total. The molecular weight excluding hydrogens is 398 g/mol. The second-order valence-corrected chi connectivity index (χ2v) is 9.06. The molecule has 1 aliphatic rings. The molecule has 1 aromatic heterocycles. The molecule has 0 saturated carbocycles. The van der Waals surface area contributed by atoms with E-state index >= 15 is 0 Å². The average molecular weight is 428 g/mol. The molecule has 3 rings (SSSR count). The predicted molar refractivity (Wildman–Crippen MR) is 116 cm³/mol. The van der Waals surface area contributed by atoms with E-state index in [0.717, 1.165) is 5.56 Å². The van der Waals surface area contributed by atoms with Gasteiger partial charge in [-0.1, -0.05) is 32.0 Å². The van der Waals surface area contributed by atoms with Gasteiger partial charge in [0.1, 0.15) is 17.3 Å². The van der Waals surface area contributed by atoms with E-state index in [1.54, 1.807) is 45.0 Å². The number of carboxylic acid groups (broad SMARTS) is 1. The van der Waals surface area contributed by atoms with Gasteiger partial charge in [0, 0.05) is 17.8 Å².